The number of carbonyl (C=O) groups is 1. The lowest BCUT2D eigenvalue weighted by atomic mass is 10.1. The Hall–Kier alpha value is -1.36. The zero-order chi connectivity index (χ0) is 12.3. The molecule has 0 radical (unpaired) electrons. The van der Waals surface area contributed by atoms with Crippen LogP contribution in [0.5, 0.6) is 0 Å². The van der Waals surface area contributed by atoms with E-state index in [0.717, 1.165) is 5.69 Å². The highest BCUT2D eigenvalue weighted by atomic mass is 16.4. The van der Waals surface area contributed by atoms with Gasteiger partial charge in [-0.15, -0.1) is 0 Å². The van der Waals surface area contributed by atoms with Gasteiger partial charge in [0.25, 0.3) is 0 Å². The molecule has 0 spiro atoms. The zero-order valence-corrected chi connectivity index (χ0v) is 10.3. The summed E-state index contributed by atoms with van der Waals surface area (Å²) in [5, 5.41) is 8.88. The second kappa shape index (κ2) is 4.65. The molecule has 0 saturated carbocycles. The lowest BCUT2D eigenvalue weighted by molar-refractivity contribution is -0.140. The number of hydrogen-bond donors (Lipinski definition) is 1. The van der Waals surface area contributed by atoms with Gasteiger partial charge in [-0.2, -0.15) is 0 Å². The Morgan fingerprint density at radius 3 is 2.56 bits per heavy atom. The Kier molecular flexibility index (Phi) is 3.70. The Morgan fingerprint density at radius 1 is 1.56 bits per heavy atom. The van der Waals surface area contributed by atoms with E-state index < -0.39 is 5.97 Å². The lowest BCUT2D eigenvalue weighted by Crippen LogP contribution is -2.44. The third-order valence-corrected chi connectivity index (χ3v) is 2.54. The molecule has 0 atom stereocenters. The van der Waals surface area contributed by atoms with E-state index in [1.54, 1.807) is 12.5 Å². The van der Waals surface area contributed by atoms with Gasteiger partial charge >= 0.3 is 5.97 Å². The largest absolute Gasteiger partial charge is 0.480 e. The second-order valence-electron chi connectivity index (χ2n) is 4.92. The third kappa shape index (κ3) is 3.34. The summed E-state index contributed by atoms with van der Waals surface area (Å²) in [5.74, 6) is -0.808. The molecule has 0 aromatic carbocycles. The molecule has 0 saturated heterocycles. The topological polar surface area (TPSA) is 58.4 Å². The Morgan fingerprint density at radius 2 is 2.19 bits per heavy atom. The standard InChI is InChI=1S/C11H19N3O2/c1-11(2,3)14(7-10(15)16)6-9-5-12-8-13(9)4/h5,8H,6-7H2,1-4H3,(H,15,16). The van der Waals surface area contributed by atoms with Crippen LogP contribution in [0.2, 0.25) is 0 Å². The van der Waals surface area contributed by atoms with E-state index in [0.29, 0.717) is 6.54 Å². The maximum Gasteiger partial charge on any atom is 0.317 e. The number of nitrogens with zero attached hydrogens (tertiary/aromatic N) is 3. The molecule has 0 unspecified atom stereocenters. The molecule has 1 aromatic heterocycles. The number of carboxylic acids is 1. The second-order valence-corrected chi connectivity index (χ2v) is 4.92. The van der Waals surface area contributed by atoms with Gasteiger partial charge in [0.1, 0.15) is 0 Å². The number of carboxylic acid groups (broad SMARTS) is 1. The molecular formula is C11H19N3O2. The fourth-order valence-electron chi connectivity index (χ4n) is 1.43. The number of rotatable bonds is 4. The Labute approximate surface area is 95.7 Å². The van der Waals surface area contributed by atoms with Crippen LogP contribution in [0.3, 0.4) is 0 Å². The van der Waals surface area contributed by atoms with Crippen molar-refractivity contribution in [1.29, 1.82) is 0 Å². The quantitative estimate of drug-likeness (QED) is 0.833. The third-order valence-electron chi connectivity index (χ3n) is 2.54. The first kappa shape index (κ1) is 12.7. The SMILES string of the molecule is Cn1cncc1CN(CC(=O)O)C(C)(C)C. The molecule has 0 bridgehead atoms. The summed E-state index contributed by atoms with van der Waals surface area (Å²) in [7, 11) is 1.91. The lowest BCUT2D eigenvalue weighted by Gasteiger charge is -2.34. The van der Waals surface area contributed by atoms with Crippen LogP contribution in [-0.2, 0) is 18.4 Å². The van der Waals surface area contributed by atoms with Crippen LogP contribution in [0.25, 0.3) is 0 Å². The van der Waals surface area contributed by atoms with Crippen LogP contribution in [0, 0.1) is 0 Å². The summed E-state index contributed by atoms with van der Waals surface area (Å²) in [6.07, 6.45) is 3.48. The Balaban J connectivity index is 2.79. The van der Waals surface area contributed by atoms with Crippen molar-refractivity contribution in [3.8, 4) is 0 Å². The van der Waals surface area contributed by atoms with Gasteiger partial charge in [0.2, 0.25) is 0 Å². The van der Waals surface area contributed by atoms with Gasteiger partial charge in [0.15, 0.2) is 0 Å². The summed E-state index contributed by atoms with van der Waals surface area (Å²) in [6, 6.07) is 0. The monoisotopic (exact) mass is 225 g/mol. The van der Waals surface area contributed by atoms with Crippen LogP contribution in [-0.4, -0.2) is 37.6 Å². The number of imidazole rings is 1. The molecule has 5 heteroatoms. The predicted molar refractivity (Wildman–Crippen MR) is 61.0 cm³/mol. The van der Waals surface area contributed by atoms with Gasteiger partial charge in [-0.25, -0.2) is 4.98 Å². The molecule has 0 aliphatic heterocycles. The fraction of sp³-hybridized carbons (Fsp3) is 0.636. The molecule has 0 fully saturated rings. The normalized spacial score (nSPS) is 12.1. The summed E-state index contributed by atoms with van der Waals surface area (Å²) < 4.78 is 1.90. The minimum absolute atomic E-state index is 0.0364. The van der Waals surface area contributed by atoms with Crippen molar-refractivity contribution in [2.75, 3.05) is 6.54 Å². The van der Waals surface area contributed by atoms with Crippen molar-refractivity contribution in [1.82, 2.24) is 14.5 Å². The Bertz CT molecular complexity index is 366. The first-order valence-electron chi connectivity index (χ1n) is 5.22. The van der Waals surface area contributed by atoms with Gasteiger partial charge in [0.05, 0.1) is 18.6 Å². The van der Waals surface area contributed by atoms with E-state index in [1.807, 2.05) is 37.3 Å². The zero-order valence-electron chi connectivity index (χ0n) is 10.3. The molecule has 1 aromatic rings. The first-order chi connectivity index (χ1) is 7.30. The van der Waals surface area contributed by atoms with E-state index >= 15 is 0 Å². The first-order valence-corrected chi connectivity index (χ1v) is 5.22. The summed E-state index contributed by atoms with van der Waals surface area (Å²) in [5.41, 5.74) is 0.832. The van der Waals surface area contributed by atoms with Crippen LogP contribution in [0.15, 0.2) is 12.5 Å². The molecule has 1 heterocycles. The van der Waals surface area contributed by atoms with Gasteiger partial charge in [-0.3, -0.25) is 9.69 Å². The predicted octanol–water partition coefficient (Wildman–Crippen LogP) is 1.11. The molecule has 0 amide bonds. The summed E-state index contributed by atoms with van der Waals surface area (Å²) in [4.78, 5) is 16.7. The molecule has 1 N–H and O–H groups in total. The van der Waals surface area contributed by atoms with Crippen molar-refractivity contribution in [2.45, 2.75) is 32.9 Å². The molecule has 0 aliphatic rings. The summed E-state index contributed by atoms with van der Waals surface area (Å²) in [6.45, 7) is 6.64. The molecule has 16 heavy (non-hydrogen) atoms. The number of aromatic nitrogens is 2. The van der Waals surface area contributed by atoms with Crippen LogP contribution >= 0.6 is 0 Å². The maximum absolute atomic E-state index is 10.8. The van der Waals surface area contributed by atoms with E-state index in [1.165, 1.54) is 0 Å². The van der Waals surface area contributed by atoms with Gasteiger partial charge in [-0.05, 0) is 20.8 Å². The van der Waals surface area contributed by atoms with E-state index in [9.17, 15) is 4.79 Å². The molecule has 90 valence electrons. The highest BCUT2D eigenvalue weighted by Crippen LogP contribution is 2.16. The minimum atomic E-state index is -0.808. The average molecular weight is 225 g/mol. The van der Waals surface area contributed by atoms with Crippen LogP contribution < -0.4 is 0 Å². The van der Waals surface area contributed by atoms with E-state index in [-0.39, 0.29) is 12.1 Å². The molecule has 5 nitrogen and oxygen atoms in total. The van der Waals surface area contributed by atoms with Crippen molar-refractivity contribution in [2.24, 2.45) is 7.05 Å². The molecular weight excluding hydrogens is 206 g/mol. The number of hydrogen-bond acceptors (Lipinski definition) is 3. The summed E-state index contributed by atoms with van der Waals surface area (Å²) >= 11 is 0. The number of aryl methyl sites for hydroxylation is 1. The highest BCUT2D eigenvalue weighted by molar-refractivity contribution is 5.69. The van der Waals surface area contributed by atoms with Gasteiger partial charge in [0, 0.05) is 25.3 Å². The number of aliphatic carboxylic acids is 1. The van der Waals surface area contributed by atoms with E-state index in [4.69, 9.17) is 5.11 Å². The molecule has 1 rings (SSSR count). The smallest absolute Gasteiger partial charge is 0.317 e. The van der Waals surface area contributed by atoms with Crippen molar-refractivity contribution in [3.63, 3.8) is 0 Å². The van der Waals surface area contributed by atoms with E-state index in [2.05, 4.69) is 4.98 Å². The maximum atomic E-state index is 10.8. The van der Waals surface area contributed by atoms with Crippen LogP contribution in [0.1, 0.15) is 26.5 Å². The van der Waals surface area contributed by atoms with Gasteiger partial charge < -0.3 is 9.67 Å². The minimum Gasteiger partial charge on any atom is -0.480 e. The fourth-order valence-corrected chi connectivity index (χ4v) is 1.43. The highest BCUT2D eigenvalue weighted by Gasteiger charge is 2.24. The van der Waals surface area contributed by atoms with Crippen LogP contribution in [0.4, 0.5) is 0 Å². The van der Waals surface area contributed by atoms with Crippen molar-refractivity contribution >= 4 is 5.97 Å². The van der Waals surface area contributed by atoms with Crippen molar-refractivity contribution < 1.29 is 9.90 Å². The van der Waals surface area contributed by atoms with Crippen molar-refractivity contribution in [3.05, 3.63) is 18.2 Å². The average Bonchev–Trinajstić information content (AvgIpc) is 2.48. The van der Waals surface area contributed by atoms with Gasteiger partial charge in [-0.1, -0.05) is 0 Å². The molecule has 0 aliphatic carbocycles.